The van der Waals surface area contributed by atoms with Crippen LogP contribution in [0.1, 0.15) is 66.2 Å². The molecule has 3 aromatic heterocycles. The van der Waals surface area contributed by atoms with Gasteiger partial charge in [0.2, 0.25) is 5.91 Å². The Bertz CT molecular complexity index is 1400. The Kier molecular flexibility index (Phi) is 7.30. The number of fused-ring (bicyclic) bond motifs is 1. The maximum atomic E-state index is 14.1. The van der Waals surface area contributed by atoms with Crippen LogP contribution in [0.15, 0.2) is 21.9 Å². The molecule has 0 atom stereocenters. The Morgan fingerprint density at radius 1 is 1.08 bits per heavy atom. The number of amides is 1. The molecule has 1 N–H and O–H groups in total. The van der Waals surface area contributed by atoms with E-state index < -0.39 is 11.4 Å². The molecule has 4 heterocycles. The summed E-state index contributed by atoms with van der Waals surface area (Å²) in [4.78, 5) is 49.2. The first-order chi connectivity index (χ1) is 17.3. The number of thiazole rings is 1. The summed E-state index contributed by atoms with van der Waals surface area (Å²) >= 11 is 3.39. The molecule has 5 rings (SSSR count). The highest BCUT2D eigenvalue weighted by atomic mass is 32.2. The highest BCUT2D eigenvalue weighted by Gasteiger charge is 2.29. The second-order valence-electron chi connectivity index (χ2n) is 9.69. The minimum atomic E-state index is -0.589. The third-order valence-electron chi connectivity index (χ3n) is 7.23. The number of pyridine rings is 1. The maximum absolute atomic E-state index is 14.1. The van der Waals surface area contributed by atoms with Crippen LogP contribution in [0, 0.1) is 19.7 Å². The fourth-order valence-corrected chi connectivity index (χ4v) is 7.46. The zero-order valence-electron chi connectivity index (χ0n) is 20.5. The first-order valence-corrected chi connectivity index (χ1v) is 14.4. The lowest BCUT2D eigenvalue weighted by Crippen LogP contribution is -2.46. The van der Waals surface area contributed by atoms with Gasteiger partial charge in [0.05, 0.1) is 28.7 Å². The Hall–Kier alpha value is -2.53. The van der Waals surface area contributed by atoms with E-state index in [1.54, 1.807) is 15.9 Å². The van der Waals surface area contributed by atoms with Crippen LogP contribution in [-0.2, 0) is 11.2 Å². The number of halogens is 1. The first kappa shape index (κ1) is 25.1. The molecule has 0 spiro atoms. The number of aryl methyl sites for hydroxylation is 2. The average Bonchev–Trinajstić information content (AvgIpc) is 3.17. The lowest BCUT2D eigenvalue weighted by Gasteiger charge is -2.31. The number of rotatable bonds is 5. The van der Waals surface area contributed by atoms with Crippen LogP contribution in [0.2, 0.25) is 0 Å². The van der Waals surface area contributed by atoms with Gasteiger partial charge in [0.25, 0.3) is 5.56 Å². The summed E-state index contributed by atoms with van der Waals surface area (Å²) in [7, 11) is 0. The minimum absolute atomic E-state index is 0.00376. The molecular weight excluding hydrogens is 501 g/mol. The minimum Gasteiger partial charge on any atom is -0.353 e. The van der Waals surface area contributed by atoms with E-state index in [0.717, 1.165) is 46.1 Å². The molecule has 1 aliphatic heterocycles. The van der Waals surface area contributed by atoms with Crippen molar-refractivity contribution in [3.8, 4) is 0 Å². The summed E-state index contributed by atoms with van der Waals surface area (Å²) in [5.74, 6) is 1.25. The molecule has 3 aromatic rings. The summed E-state index contributed by atoms with van der Waals surface area (Å²) in [5.41, 5.74) is 0.332. The number of carbonyl (C=O) groups is 1. The lowest BCUT2D eigenvalue weighted by atomic mass is 9.90. The molecule has 1 saturated heterocycles. The molecule has 11 heteroatoms. The highest BCUT2D eigenvalue weighted by molar-refractivity contribution is 7.99. The molecule has 1 amide bonds. The first-order valence-electron chi connectivity index (χ1n) is 12.4. The molecule has 2 fully saturated rings. The molecule has 36 heavy (non-hydrogen) atoms. The van der Waals surface area contributed by atoms with Crippen molar-refractivity contribution in [2.45, 2.75) is 76.9 Å². The fraction of sp³-hybridized carbons (Fsp3) is 0.560. The van der Waals surface area contributed by atoms with Crippen molar-refractivity contribution < 1.29 is 9.18 Å². The summed E-state index contributed by atoms with van der Waals surface area (Å²) < 4.78 is 17.0. The highest BCUT2D eigenvalue weighted by Crippen LogP contribution is 2.30. The van der Waals surface area contributed by atoms with Crippen molar-refractivity contribution in [2.24, 2.45) is 0 Å². The lowest BCUT2D eigenvalue weighted by molar-refractivity contribution is -0.121. The van der Waals surface area contributed by atoms with E-state index in [9.17, 15) is 18.8 Å². The molecule has 2 aliphatic rings. The summed E-state index contributed by atoms with van der Waals surface area (Å²) in [5, 5.41) is 4.21. The quantitative estimate of drug-likeness (QED) is 0.539. The number of carbonyl (C=O) groups excluding carboxylic acids is 1. The van der Waals surface area contributed by atoms with Crippen LogP contribution < -0.4 is 16.6 Å². The third-order valence-corrected chi connectivity index (χ3v) is 9.35. The smallest absolute Gasteiger partial charge is 0.333 e. The van der Waals surface area contributed by atoms with Gasteiger partial charge >= 0.3 is 5.69 Å². The van der Waals surface area contributed by atoms with Gasteiger partial charge in [0, 0.05) is 23.0 Å². The van der Waals surface area contributed by atoms with Gasteiger partial charge < -0.3 is 5.32 Å². The van der Waals surface area contributed by atoms with E-state index in [-0.39, 0.29) is 40.8 Å². The van der Waals surface area contributed by atoms with E-state index in [2.05, 4.69) is 15.3 Å². The van der Waals surface area contributed by atoms with Crippen molar-refractivity contribution >= 4 is 40.0 Å². The van der Waals surface area contributed by atoms with Crippen molar-refractivity contribution in [2.75, 3.05) is 11.5 Å². The zero-order chi connectivity index (χ0) is 25.4. The molecule has 0 radical (unpaired) electrons. The summed E-state index contributed by atoms with van der Waals surface area (Å²) in [6.45, 7) is 3.85. The van der Waals surface area contributed by atoms with E-state index in [1.165, 1.54) is 10.6 Å². The molecule has 0 aromatic carbocycles. The van der Waals surface area contributed by atoms with Gasteiger partial charge in [-0.15, -0.1) is 11.3 Å². The largest absolute Gasteiger partial charge is 0.353 e. The van der Waals surface area contributed by atoms with Gasteiger partial charge in [0.1, 0.15) is 11.5 Å². The number of nitrogens with zero attached hydrogens (tertiary/aromatic N) is 4. The van der Waals surface area contributed by atoms with E-state index >= 15 is 0 Å². The molecule has 0 bridgehead atoms. The molecular formula is C25H30FN5O3S2. The topological polar surface area (TPSA) is 98.9 Å². The summed E-state index contributed by atoms with van der Waals surface area (Å²) in [6, 6.07) is 0.849. The molecule has 1 saturated carbocycles. The Morgan fingerprint density at radius 2 is 1.78 bits per heavy atom. The maximum Gasteiger partial charge on any atom is 0.333 e. The van der Waals surface area contributed by atoms with Gasteiger partial charge in [-0.2, -0.15) is 11.8 Å². The van der Waals surface area contributed by atoms with Crippen molar-refractivity contribution in [1.29, 1.82) is 0 Å². The van der Waals surface area contributed by atoms with Gasteiger partial charge in [-0.25, -0.2) is 19.2 Å². The monoisotopic (exact) mass is 531 g/mol. The second-order valence-corrected chi connectivity index (χ2v) is 12.2. The molecule has 0 unspecified atom stereocenters. The molecule has 8 nitrogen and oxygen atoms in total. The Balaban J connectivity index is 1.37. The second kappa shape index (κ2) is 10.5. The molecule has 192 valence electrons. The predicted molar refractivity (Wildman–Crippen MR) is 141 cm³/mol. The Morgan fingerprint density at radius 3 is 2.44 bits per heavy atom. The van der Waals surface area contributed by atoms with Crippen LogP contribution >= 0.6 is 23.1 Å². The Labute approximate surface area is 216 Å². The van der Waals surface area contributed by atoms with Crippen LogP contribution in [0.4, 0.5) is 4.39 Å². The zero-order valence-corrected chi connectivity index (χ0v) is 22.1. The number of aromatic nitrogens is 4. The van der Waals surface area contributed by atoms with Gasteiger partial charge in [-0.05, 0) is 69.9 Å². The number of thioether (sulfide) groups is 1. The number of hydrogen-bond donors (Lipinski definition) is 1. The summed E-state index contributed by atoms with van der Waals surface area (Å²) in [6.07, 6.45) is 5.53. The van der Waals surface area contributed by atoms with Crippen LogP contribution in [-0.4, -0.2) is 42.6 Å². The fourth-order valence-electron chi connectivity index (χ4n) is 5.44. The van der Waals surface area contributed by atoms with Crippen molar-refractivity contribution in [3.05, 3.63) is 54.5 Å². The van der Waals surface area contributed by atoms with Crippen molar-refractivity contribution in [3.63, 3.8) is 0 Å². The van der Waals surface area contributed by atoms with E-state index in [0.29, 0.717) is 32.1 Å². The third kappa shape index (κ3) is 5.00. The van der Waals surface area contributed by atoms with Gasteiger partial charge in [-0.3, -0.25) is 18.7 Å². The van der Waals surface area contributed by atoms with E-state index in [1.807, 2.05) is 25.6 Å². The average molecular weight is 532 g/mol. The van der Waals surface area contributed by atoms with Crippen LogP contribution in [0.25, 0.3) is 11.0 Å². The normalized spacial score (nSPS) is 21.1. The predicted octanol–water partition coefficient (Wildman–Crippen LogP) is 3.68. The standard InChI is InChI=1S/C25H30FN5O3S2/c1-14-21(36-15(2)28-14)12-22(32)29-17-3-5-18(6-4-17)31-24(33)20-11-16(26)13-27-23(20)30(25(31)34)19-7-9-35-10-8-19/h11,13,17-19H,3-10,12H2,1-2H3,(H,29,32). The van der Waals surface area contributed by atoms with Gasteiger partial charge in [0.15, 0.2) is 0 Å². The van der Waals surface area contributed by atoms with Crippen LogP contribution in [0.3, 0.4) is 0 Å². The van der Waals surface area contributed by atoms with E-state index in [4.69, 9.17) is 0 Å². The number of nitrogens with one attached hydrogen (secondary N) is 1. The van der Waals surface area contributed by atoms with Crippen LogP contribution in [0.5, 0.6) is 0 Å². The van der Waals surface area contributed by atoms with Gasteiger partial charge in [-0.1, -0.05) is 0 Å². The van der Waals surface area contributed by atoms with Crippen molar-refractivity contribution in [1.82, 2.24) is 24.4 Å². The number of hydrogen-bond acceptors (Lipinski definition) is 7. The molecule has 1 aliphatic carbocycles. The SMILES string of the molecule is Cc1nc(C)c(CC(=O)NC2CCC(n3c(=O)c4cc(F)cnc4n(C4CCSCC4)c3=O)CC2)s1.